The number of nitrogens with one attached hydrogen (secondary N) is 2. The molecular formula is C14H12N2O5. The number of urea groups is 1. The lowest BCUT2D eigenvalue weighted by Gasteiger charge is -2.08. The third-order valence-corrected chi connectivity index (χ3v) is 2.69. The van der Waals surface area contributed by atoms with Gasteiger partial charge in [0.1, 0.15) is 11.3 Å². The molecule has 0 bridgehead atoms. The van der Waals surface area contributed by atoms with E-state index in [9.17, 15) is 19.2 Å². The Hall–Kier alpha value is -2.96. The van der Waals surface area contributed by atoms with E-state index in [0.717, 1.165) is 0 Å². The molecule has 1 aromatic rings. The first-order valence-corrected chi connectivity index (χ1v) is 6.18. The number of hydrogen-bond acceptors (Lipinski definition) is 5. The predicted octanol–water partition coefficient (Wildman–Crippen LogP) is 0.526. The second-order valence-electron chi connectivity index (χ2n) is 4.07. The summed E-state index contributed by atoms with van der Waals surface area (Å²) in [7, 11) is 0. The number of amides is 3. The van der Waals surface area contributed by atoms with E-state index >= 15 is 0 Å². The fraction of sp³-hybridized carbons (Fsp3) is 0.143. The largest absolute Gasteiger partial charge is 0.462 e. The van der Waals surface area contributed by atoms with Gasteiger partial charge < -0.3 is 10.1 Å². The molecule has 7 nitrogen and oxygen atoms in total. The number of benzene rings is 1. The molecule has 1 heterocycles. The molecule has 1 aliphatic heterocycles. The molecule has 2 rings (SSSR count). The average molecular weight is 288 g/mol. The number of Topliss-reactive ketones (excluding diaryl/α,β-unsaturated/α-hetero) is 1. The quantitative estimate of drug-likeness (QED) is 0.210. The third kappa shape index (κ3) is 2.97. The van der Waals surface area contributed by atoms with Gasteiger partial charge in [-0.1, -0.05) is 30.3 Å². The van der Waals surface area contributed by atoms with Gasteiger partial charge in [0.25, 0.3) is 5.91 Å². The van der Waals surface area contributed by atoms with Crippen LogP contribution in [0.3, 0.4) is 0 Å². The zero-order chi connectivity index (χ0) is 15.4. The van der Waals surface area contributed by atoms with Crippen molar-refractivity contribution in [2.75, 3.05) is 6.61 Å². The Morgan fingerprint density at radius 1 is 1.10 bits per heavy atom. The Bertz CT molecular complexity index is 649. The predicted molar refractivity (Wildman–Crippen MR) is 71.1 cm³/mol. The van der Waals surface area contributed by atoms with E-state index in [4.69, 9.17) is 4.74 Å². The van der Waals surface area contributed by atoms with Crippen LogP contribution in [0.1, 0.15) is 17.3 Å². The molecule has 1 saturated heterocycles. The van der Waals surface area contributed by atoms with Gasteiger partial charge in [-0.3, -0.25) is 14.9 Å². The molecule has 0 saturated carbocycles. The summed E-state index contributed by atoms with van der Waals surface area (Å²) in [6.45, 7) is 1.60. The molecular weight excluding hydrogens is 276 g/mol. The third-order valence-electron chi connectivity index (χ3n) is 2.69. The van der Waals surface area contributed by atoms with Crippen molar-refractivity contribution < 1.29 is 23.9 Å². The summed E-state index contributed by atoms with van der Waals surface area (Å²) >= 11 is 0. The van der Waals surface area contributed by atoms with Crippen LogP contribution in [0.4, 0.5) is 4.79 Å². The first-order valence-electron chi connectivity index (χ1n) is 6.18. The first kappa shape index (κ1) is 14.4. The van der Waals surface area contributed by atoms with Crippen LogP contribution in [-0.2, 0) is 14.3 Å². The highest BCUT2D eigenvalue weighted by molar-refractivity contribution is 6.29. The highest BCUT2D eigenvalue weighted by atomic mass is 16.5. The zero-order valence-electron chi connectivity index (χ0n) is 11.1. The van der Waals surface area contributed by atoms with Crippen LogP contribution in [0, 0.1) is 0 Å². The van der Waals surface area contributed by atoms with Crippen molar-refractivity contribution >= 4 is 23.7 Å². The first-order chi connectivity index (χ1) is 10.0. The molecule has 1 fully saturated rings. The van der Waals surface area contributed by atoms with Gasteiger partial charge in [-0.25, -0.2) is 9.59 Å². The summed E-state index contributed by atoms with van der Waals surface area (Å²) in [6, 6.07) is 7.14. The molecule has 1 aromatic carbocycles. The Labute approximate surface area is 120 Å². The molecule has 0 atom stereocenters. The van der Waals surface area contributed by atoms with Gasteiger partial charge in [0.05, 0.1) is 6.61 Å². The summed E-state index contributed by atoms with van der Waals surface area (Å²) in [6.07, 6.45) is 0. The SMILES string of the molecule is CCOC(=O)C(C(=O)c1ccccc1)=C1NC(=O)NC1=O. The standard InChI is InChI=1S/C14H12N2O5/c1-2-21-13(19)9(10-12(18)16-14(20)15-10)11(17)8-6-4-3-5-7-8/h3-7H,2H2,1H3,(H2,15,16,18,20). The summed E-state index contributed by atoms with van der Waals surface area (Å²) < 4.78 is 4.79. The Morgan fingerprint density at radius 3 is 2.29 bits per heavy atom. The van der Waals surface area contributed by atoms with Crippen LogP contribution in [0.15, 0.2) is 41.6 Å². The molecule has 3 amide bonds. The highest BCUT2D eigenvalue weighted by Crippen LogP contribution is 2.15. The van der Waals surface area contributed by atoms with Crippen LogP contribution in [-0.4, -0.2) is 30.3 Å². The van der Waals surface area contributed by atoms with Gasteiger partial charge in [-0.2, -0.15) is 0 Å². The summed E-state index contributed by atoms with van der Waals surface area (Å²) in [5, 5.41) is 4.10. The number of carbonyl (C=O) groups excluding carboxylic acids is 4. The molecule has 0 radical (unpaired) electrons. The van der Waals surface area contributed by atoms with E-state index in [-0.39, 0.29) is 12.2 Å². The Morgan fingerprint density at radius 2 is 1.76 bits per heavy atom. The zero-order valence-corrected chi connectivity index (χ0v) is 11.1. The molecule has 1 aliphatic rings. The van der Waals surface area contributed by atoms with Crippen molar-refractivity contribution in [2.24, 2.45) is 0 Å². The number of rotatable bonds is 4. The molecule has 0 aliphatic carbocycles. The fourth-order valence-corrected chi connectivity index (χ4v) is 1.79. The number of esters is 1. The second kappa shape index (κ2) is 6.00. The minimum Gasteiger partial charge on any atom is -0.462 e. The lowest BCUT2D eigenvalue weighted by molar-refractivity contribution is -0.138. The van der Waals surface area contributed by atoms with Gasteiger partial charge in [0.15, 0.2) is 0 Å². The van der Waals surface area contributed by atoms with E-state index < -0.39 is 35.0 Å². The van der Waals surface area contributed by atoms with Gasteiger partial charge >= 0.3 is 12.0 Å². The van der Waals surface area contributed by atoms with Crippen molar-refractivity contribution in [1.82, 2.24) is 10.6 Å². The van der Waals surface area contributed by atoms with Crippen molar-refractivity contribution in [2.45, 2.75) is 6.92 Å². The van der Waals surface area contributed by atoms with Crippen molar-refractivity contribution in [3.8, 4) is 0 Å². The van der Waals surface area contributed by atoms with E-state index in [1.807, 2.05) is 5.32 Å². The van der Waals surface area contributed by atoms with Gasteiger partial charge in [0.2, 0.25) is 5.78 Å². The number of imide groups is 1. The maximum absolute atomic E-state index is 12.4. The number of carbonyl (C=O) groups is 4. The van der Waals surface area contributed by atoms with Crippen molar-refractivity contribution in [1.29, 1.82) is 0 Å². The number of ether oxygens (including phenoxy) is 1. The molecule has 2 N–H and O–H groups in total. The Kier molecular flexibility index (Phi) is 4.13. The van der Waals surface area contributed by atoms with E-state index in [0.29, 0.717) is 0 Å². The molecule has 7 heteroatoms. The average Bonchev–Trinajstić information content (AvgIpc) is 2.79. The summed E-state index contributed by atoms with van der Waals surface area (Å²) in [5.41, 5.74) is -0.680. The van der Waals surface area contributed by atoms with Crippen molar-refractivity contribution in [3.05, 3.63) is 47.2 Å². The maximum atomic E-state index is 12.4. The van der Waals surface area contributed by atoms with Gasteiger partial charge in [-0.05, 0) is 6.92 Å². The number of ketones is 1. The monoisotopic (exact) mass is 288 g/mol. The van der Waals surface area contributed by atoms with Crippen LogP contribution in [0.2, 0.25) is 0 Å². The normalized spacial score (nSPS) is 16.0. The second-order valence-corrected chi connectivity index (χ2v) is 4.07. The van der Waals surface area contributed by atoms with Crippen LogP contribution in [0.25, 0.3) is 0 Å². The summed E-state index contributed by atoms with van der Waals surface area (Å²) in [5.74, 6) is -2.49. The molecule has 21 heavy (non-hydrogen) atoms. The molecule has 0 aromatic heterocycles. The molecule has 108 valence electrons. The molecule has 0 unspecified atom stereocenters. The van der Waals surface area contributed by atoms with E-state index in [1.54, 1.807) is 25.1 Å². The van der Waals surface area contributed by atoms with Gasteiger partial charge in [0, 0.05) is 5.56 Å². The van der Waals surface area contributed by atoms with Crippen LogP contribution < -0.4 is 10.6 Å². The molecule has 0 spiro atoms. The van der Waals surface area contributed by atoms with Crippen LogP contribution in [0.5, 0.6) is 0 Å². The minimum atomic E-state index is -0.960. The Balaban J connectivity index is 2.50. The summed E-state index contributed by atoms with van der Waals surface area (Å²) in [4.78, 5) is 47.2. The van der Waals surface area contributed by atoms with Gasteiger partial charge in [-0.15, -0.1) is 0 Å². The van der Waals surface area contributed by atoms with Crippen LogP contribution >= 0.6 is 0 Å². The maximum Gasteiger partial charge on any atom is 0.344 e. The minimum absolute atomic E-state index is 0.0350. The fourth-order valence-electron chi connectivity index (χ4n) is 1.79. The lowest BCUT2D eigenvalue weighted by atomic mass is 10.0. The smallest absolute Gasteiger partial charge is 0.344 e. The van der Waals surface area contributed by atoms with Crippen molar-refractivity contribution in [3.63, 3.8) is 0 Å². The topological polar surface area (TPSA) is 102 Å². The highest BCUT2D eigenvalue weighted by Gasteiger charge is 2.34. The lowest BCUT2D eigenvalue weighted by Crippen LogP contribution is -2.24. The number of hydrogen-bond donors (Lipinski definition) is 2. The van der Waals surface area contributed by atoms with E-state index in [2.05, 4.69) is 5.32 Å². The van der Waals surface area contributed by atoms with E-state index in [1.165, 1.54) is 12.1 Å².